The Hall–Kier alpha value is -1.87. The lowest BCUT2D eigenvalue weighted by Gasteiger charge is -2.31. The fraction of sp³-hybridized carbons (Fsp3) is 0.350. The smallest absolute Gasteiger partial charge is 0.357 e. The normalized spacial score (nSPS) is 21.4. The number of piperidine rings is 1. The van der Waals surface area contributed by atoms with Gasteiger partial charge in [-0.1, -0.05) is 48.0 Å². The van der Waals surface area contributed by atoms with Gasteiger partial charge in [-0.05, 0) is 37.5 Å². The van der Waals surface area contributed by atoms with Gasteiger partial charge in [-0.2, -0.15) is 8.42 Å². The number of amidine groups is 1. The summed E-state index contributed by atoms with van der Waals surface area (Å²) in [5.41, 5.74) is 2.66. The predicted octanol–water partition coefficient (Wildman–Crippen LogP) is 4.05. The van der Waals surface area contributed by atoms with E-state index in [4.69, 9.17) is 22.5 Å². The Labute approximate surface area is 170 Å². The summed E-state index contributed by atoms with van der Waals surface area (Å²) in [6.45, 7) is 4.35. The lowest BCUT2D eigenvalue weighted by molar-refractivity contribution is 0.381. The zero-order valence-electron chi connectivity index (χ0n) is 15.6. The Kier molecular flexibility index (Phi) is 6.77. The van der Waals surface area contributed by atoms with E-state index < -0.39 is 10.4 Å². The van der Waals surface area contributed by atoms with Crippen LogP contribution < -0.4 is 0 Å². The summed E-state index contributed by atoms with van der Waals surface area (Å²) in [6.07, 6.45) is 2.50. The van der Waals surface area contributed by atoms with Gasteiger partial charge < -0.3 is 4.90 Å². The summed E-state index contributed by atoms with van der Waals surface area (Å²) in [6, 6.07) is 19.9. The Bertz CT molecular complexity index is 907. The number of hydrogen-bond donors (Lipinski definition) is 2. The molecule has 6 nitrogen and oxygen atoms in total. The Balaban J connectivity index is 0.000000403. The lowest BCUT2D eigenvalue weighted by Crippen LogP contribution is -2.40. The molecule has 2 aliphatic heterocycles. The highest BCUT2D eigenvalue weighted by Crippen LogP contribution is 2.36. The standard InChI is InChI=1S/C20H22N2S.H2O4S/c1-15-9-11-17(12-10-15)23-19-8-5-13-22-14-18(21-20(19)22)16-6-3-2-4-7-16;1-5(2,3)4/h2-4,6-7,9-12,18-19H,5,8,13-14H2,1H3;(H2,1,2,3,4). The van der Waals surface area contributed by atoms with Crippen LogP contribution in [-0.2, 0) is 10.4 Å². The van der Waals surface area contributed by atoms with Crippen molar-refractivity contribution in [2.45, 2.75) is 36.0 Å². The quantitative estimate of drug-likeness (QED) is 0.728. The minimum absolute atomic E-state index is 0.311. The molecule has 8 heteroatoms. The highest BCUT2D eigenvalue weighted by Gasteiger charge is 2.34. The topological polar surface area (TPSA) is 90.2 Å². The van der Waals surface area contributed by atoms with Crippen LogP contribution in [0.5, 0.6) is 0 Å². The molecule has 0 bridgehead atoms. The zero-order valence-corrected chi connectivity index (χ0v) is 17.2. The molecule has 0 amide bonds. The molecule has 1 fully saturated rings. The number of nitrogens with zero attached hydrogens (tertiary/aromatic N) is 2. The van der Waals surface area contributed by atoms with Gasteiger partial charge in [0.1, 0.15) is 5.84 Å². The van der Waals surface area contributed by atoms with E-state index in [1.165, 1.54) is 34.7 Å². The second-order valence-electron chi connectivity index (χ2n) is 6.87. The fourth-order valence-electron chi connectivity index (χ4n) is 3.42. The first-order valence-corrected chi connectivity index (χ1v) is 11.4. The van der Waals surface area contributed by atoms with Gasteiger partial charge in [-0.25, -0.2) is 0 Å². The van der Waals surface area contributed by atoms with E-state index in [1.54, 1.807) is 0 Å². The van der Waals surface area contributed by atoms with Gasteiger partial charge in [0.05, 0.1) is 11.3 Å². The number of fused-ring (bicyclic) bond motifs is 1. The van der Waals surface area contributed by atoms with Crippen molar-refractivity contribution in [2.24, 2.45) is 4.99 Å². The molecule has 28 heavy (non-hydrogen) atoms. The monoisotopic (exact) mass is 420 g/mol. The molecule has 0 spiro atoms. The van der Waals surface area contributed by atoms with Crippen LogP contribution in [0.15, 0.2) is 64.5 Å². The average Bonchev–Trinajstić information content (AvgIpc) is 3.08. The molecular formula is C20H24N2O4S2. The number of hydrogen-bond acceptors (Lipinski definition) is 5. The zero-order chi connectivity index (χ0) is 20.1. The van der Waals surface area contributed by atoms with Crippen LogP contribution in [0.2, 0.25) is 0 Å². The van der Waals surface area contributed by atoms with Crippen LogP contribution >= 0.6 is 11.8 Å². The second kappa shape index (κ2) is 9.09. The highest BCUT2D eigenvalue weighted by atomic mass is 32.3. The largest absolute Gasteiger partial charge is 0.394 e. The van der Waals surface area contributed by atoms with Crippen LogP contribution in [0.1, 0.15) is 30.0 Å². The molecule has 2 aromatic rings. The van der Waals surface area contributed by atoms with Gasteiger partial charge in [0.15, 0.2) is 0 Å². The van der Waals surface area contributed by atoms with Crippen LogP contribution in [0, 0.1) is 6.92 Å². The molecule has 2 aromatic carbocycles. The van der Waals surface area contributed by atoms with Crippen molar-refractivity contribution in [1.29, 1.82) is 0 Å². The van der Waals surface area contributed by atoms with Crippen molar-refractivity contribution in [3.8, 4) is 0 Å². The fourth-order valence-corrected chi connectivity index (χ4v) is 4.64. The van der Waals surface area contributed by atoms with Gasteiger partial charge in [-0.3, -0.25) is 14.1 Å². The van der Waals surface area contributed by atoms with Gasteiger partial charge in [0.25, 0.3) is 0 Å². The SMILES string of the molecule is Cc1ccc(SC2CCCN3CC(c4ccccc4)N=C23)cc1.O=S(=O)(O)O. The summed E-state index contributed by atoms with van der Waals surface area (Å²) in [7, 11) is -4.67. The Morgan fingerprint density at radius 1 is 1.07 bits per heavy atom. The molecule has 0 aliphatic carbocycles. The van der Waals surface area contributed by atoms with E-state index in [0.29, 0.717) is 11.3 Å². The van der Waals surface area contributed by atoms with Gasteiger partial charge in [0, 0.05) is 18.0 Å². The molecule has 4 rings (SSSR count). The van der Waals surface area contributed by atoms with Gasteiger partial charge in [0.2, 0.25) is 0 Å². The summed E-state index contributed by atoms with van der Waals surface area (Å²) in [4.78, 5) is 8.96. The molecule has 0 saturated carbocycles. The molecule has 2 heterocycles. The summed E-state index contributed by atoms with van der Waals surface area (Å²) >= 11 is 1.97. The van der Waals surface area contributed by atoms with Crippen LogP contribution in [0.25, 0.3) is 0 Å². The van der Waals surface area contributed by atoms with E-state index in [9.17, 15) is 0 Å². The van der Waals surface area contributed by atoms with E-state index in [1.807, 2.05) is 11.8 Å². The van der Waals surface area contributed by atoms with Crippen LogP contribution in [0.4, 0.5) is 0 Å². The molecule has 2 N–H and O–H groups in total. The molecule has 2 atom stereocenters. The van der Waals surface area contributed by atoms with Gasteiger partial charge in [-0.15, -0.1) is 11.8 Å². The molecule has 2 aliphatic rings. The molecule has 0 radical (unpaired) electrons. The van der Waals surface area contributed by atoms with Gasteiger partial charge >= 0.3 is 10.4 Å². The third-order valence-electron chi connectivity index (χ3n) is 4.67. The van der Waals surface area contributed by atoms with Crippen molar-refractivity contribution in [1.82, 2.24) is 4.90 Å². The maximum atomic E-state index is 8.74. The summed E-state index contributed by atoms with van der Waals surface area (Å²) < 4.78 is 31.6. The minimum Gasteiger partial charge on any atom is -0.357 e. The van der Waals surface area contributed by atoms with Crippen molar-refractivity contribution in [3.63, 3.8) is 0 Å². The Morgan fingerprint density at radius 3 is 2.36 bits per heavy atom. The first-order chi connectivity index (χ1) is 13.3. The Morgan fingerprint density at radius 2 is 1.71 bits per heavy atom. The number of benzene rings is 2. The van der Waals surface area contributed by atoms with E-state index in [2.05, 4.69) is 66.4 Å². The summed E-state index contributed by atoms with van der Waals surface area (Å²) in [5, 5.41) is 0.500. The molecule has 1 saturated heterocycles. The first-order valence-electron chi connectivity index (χ1n) is 9.10. The maximum Gasteiger partial charge on any atom is 0.394 e. The van der Waals surface area contributed by atoms with E-state index in [0.717, 1.165) is 13.1 Å². The number of aryl methyl sites for hydroxylation is 1. The molecule has 0 aromatic heterocycles. The first kappa shape index (κ1) is 20.9. The number of thioether (sulfide) groups is 1. The van der Waals surface area contributed by atoms with Crippen LogP contribution in [-0.4, -0.2) is 46.6 Å². The van der Waals surface area contributed by atoms with Crippen LogP contribution in [0.3, 0.4) is 0 Å². The average molecular weight is 421 g/mol. The number of rotatable bonds is 3. The molecular weight excluding hydrogens is 396 g/mol. The lowest BCUT2D eigenvalue weighted by atomic mass is 10.1. The highest BCUT2D eigenvalue weighted by molar-refractivity contribution is 8.00. The van der Waals surface area contributed by atoms with Crippen molar-refractivity contribution >= 4 is 28.0 Å². The third kappa shape index (κ3) is 6.07. The van der Waals surface area contributed by atoms with E-state index in [-0.39, 0.29) is 0 Å². The maximum absolute atomic E-state index is 8.74. The number of aliphatic imine (C=N–C) groups is 1. The summed E-state index contributed by atoms with van der Waals surface area (Å²) in [5.74, 6) is 1.32. The van der Waals surface area contributed by atoms with Crippen molar-refractivity contribution < 1.29 is 17.5 Å². The second-order valence-corrected chi connectivity index (χ2v) is 9.04. The third-order valence-corrected chi connectivity index (χ3v) is 5.95. The van der Waals surface area contributed by atoms with E-state index >= 15 is 0 Å². The minimum atomic E-state index is -4.67. The molecule has 2 unspecified atom stereocenters. The van der Waals surface area contributed by atoms with Crippen molar-refractivity contribution in [2.75, 3.05) is 13.1 Å². The predicted molar refractivity (Wildman–Crippen MR) is 112 cm³/mol. The molecule has 150 valence electrons. The van der Waals surface area contributed by atoms with Crippen molar-refractivity contribution in [3.05, 3.63) is 65.7 Å².